The molecule has 1 unspecified atom stereocenters. The Bertz CT molecular complexity index is 757. The molecule has 1 aliphatic rings. The summed E-state index contributed by atoms with van der Waals surface area (Å²) in [6.45, 7) is 2.43. The van der Waals surface area contributed by atoms with Gasteiger partial charge in [0.1, 0.15) is 12.3 Å². The van der Waals surface area contributed by atoms with Crippen molar-refractivity contribution in [2.75, 3.05) is 32.1 Å². The molecule has 10 heteroatoms. The zero-order valence-electron chi connectivity index (χ0n) is 17.2. The van der Waals surface area contributed by atoms with Crippen molar-refractivity contribution in [1.82, 2.24) is 15.7 Å². The molecular weight excluding hydrogens is 412 g/mol. The fourth-order valence-corrected chi connectivity index (χ4v) is 3.33. The predicted octanol–water partition coefficient (Wildman–Crippen LogP) is 2.63. The van der Waals surface area contributed by atoms with Gasteiger partial charge in [-0.3, -0.25) is 14.8 Å². The number of ether oxygens (including phenoxy) is 1. The van der Waals surface area contributed by atoms with Crippen LogP contribution in [0.25, 0.3) is 0 Å². The van der Waals surface area contributed by atoms with Crippen LogP contribution in [0.5, 0.6) is 5.75 Å². The van der Waals surface area contributed by atoms with Crippen LogP contribution in [-0.4, -0.2) is 54.7 Å². The zero-order valence-corrected chi connectivity index (χ0v) is 18.0. The lowest BCUT2D eigenvalue weighted by atomic mass is 9.85. The zero-order chi connectivity index (χ0) is 22.1. The van der Waals surface area contributed by atoms with Gasteiger partial charge in [0, 0.05) is 24.5 Å². The molecule has 1 aliphatic carbocycles. The summed E-state index contributed by atoms with van der Waals surface area (Å²) >= 11 is 5.96. The van der Waals surface area contributed by atoms with Crippen molar-refractivity contribution in [1.29, 1.82) is 0 Å². The highest BCUT2D eigenvalue weighted by molar-refractivity contribution is 6.31. The maximum Gasteiger partial charge on any atom is 0.319 e. The van der Waals surface area contributed by atoms with E-state index in [2.05, 4.69) is 10.6 Å². The molecule has 1 aromatic rings. The van der Waals surface area contributed by atoms with E-state index in [1.807, 2.05) is 6.92 Å². The number of hydroxylamine groups is 1. The van der Waals surface area contributed by atoms with Crippen molar-refractivity contribution in [2.24, 2.45) is 11.8 Å². The SMILES string of the molecule is COc1ccc(Cl)cc1NC(=O)NCC(C)CC(=O)N(CC(=O)NO)CC1CCC1. The molecule has 2 rings (SSSR count). The number of rotatable bonds is 10. The van der Waals surface area contributed by atoms with Gasteiger partial charge in [-0.25, -0.2) is 10.3 Å². The number of carbonyl (C=O) groups excluding carboxylic acids is 3. The lowest BCUT2D eigenvalue weighted by Crippen LogP contribution is -2.44. The second-order valence-electron chi connectivity index (χ2n) is 7.60. The standard InChI is InChI=1S/C20H29ClN4O5/c1-13(8-19(27)25(12-18(26)24-29)11-14-4-3-5-14)10-22-20(28)23-16-9-15(21)6-7-17(16)30-2/h6-7,9,13-14,29H,3-5,8,10-12H2,1-2H3,(H,24,26)(H2,22,23,28). The van der Waals surface area contributed by atoms with E-state index in [0.29, 0.717) is 28.9 Å². The molecule has 0 radical (unpaired) electrons. The normalized spacial score (nSPS) is 14.3. The molecule has 1 aromatic carbocycles. The van der Waals surface area contributed by atoms with Crippen LogP contribution in [-0.2, 0) is 9.59 Å². The number of urea groups is 1. The van der Waals surface area contributed by atoms with Crippen LogP contribution >= 0.6 is 11.6 Å². The Hall–Kier alpha value is -2.52. The molecule has 0 heterocycles. The van der Waals surface area contributed by atoms with Crippen molar-refractivity contribution in [3.63, 3.8) is 0 Å². The molecule has 1 fully saturated rings. The lowest BCUT2D eigenvalue weighted by molar-refractivity contribution is -0.140. The maximum atomic E-state index is 12.6. The minimum Gasteiger partial charge on any atom is -0.495 e. The predicted molar refractivity (Wildman–Crippen MR) is 113 cm³/mol. The highest BCUT2D eigenvalue weighted by atomic mass is 35.5. The number of nitrogens with zero attached hydrogens (tertiary/aromatic N) is 1. The van der Waals surface area contributed by atoms with Gasteiger partial charge >= 0.3 is 6.03 Å². The number of anilines is 1. The van der Waals surface area contributed by atoms with Crippen molar-refractivity contribution >= 4 is 35.1 Å². The van der Waals surface area contributed by atoms with E-state index in [1.54, 1.807) is 23.7 Å². The Labute approximate surface area is 181 Å². The molecule has 0 saturated heterocycles. The number of nitrogens with one attached hydrogen (secondary N) is 3. The van der Waals surface area contributed by atoms with Crippen molar-refractivity contribution in [3.8, 4) is 5.75 Å². The van der Waals surface area contributed by atoms with Gasteiger partial charge in [-0.15, -0.1) is 0 Å². The molecule has 4 amide bonds. The van der Waals surface area contributed by atoms with E-state index >= 15 is 0 Å². The quantitative estimate of drug-likeness (QED) is 0.329. The van der Waals surface area contributed by atoms with Gasteiger partial charge in [0.05, 0.1) is 12.8 Å². The average Bonchev–Trinajstić information content (AvgIpc) is 2.68. The molecule has 30 heavy (non-hydrogen) atoms. The smallest absolute Gasteiger partial charge is 0.319 e. The summed E-state index contributed by atoms with van der Waals surface area (Å²) in [5.74, 6) is -0.0792. The van der Waals surface area contributed by atoms with Crippen LogP contribution in [0.1, 0.15) is 32.6 Å². The Morgan fingerprint density at radius 2 is 2.07 bits per heavy atom. The molecule has 0 aromatic heterocycles. The third-order valence-electron chi connectivity index (χ3n) is 5.06. The summed E-state index contributed by atoms with van der Waals surface area (Å²) in [6.07, 6.45) is 3.38. The van der Waals surface area contributed by atoms with Crippen molar-refractivity contribution < 1.29 is 24.3 Å². The van der Waals surface area contributed by atoms with E-state index in [-0.39, 0.29) is 31.3 Å². The van der Waals surface area contributed by atoms with Gasteiger partial charge in [-0.2, -0.15) is 0 Å². The molecule has 4 N–H and O–H groups in total. The first-order valence-corrected chi connectivity index (χ1v) is 10.3. The Morgan fingerprint density at radius 1 is 1.33 bits per heavy atom. The molecule has 9 nitrogen and oxygen atoms in total. The summed E-state index contributed by atoms with van der Waals surface area (Å²) in [4.78, 5) is 37.8. The number of hydrogen-bond acceptors (Lipinski definition) is 5. The van der Waals surface area contributed by atoms with Crippen LogP contribution in [0.3, 0.4) is 0 Å². The van der Waals surface area contributed by atoms with E-state index in [9.17, 15) is 14.4 Å². The number of benzene rings is 1. The minimum atomic E-state index is -0.622. The molecule has 0 spiro atoms. The largest absolute Gasteiger partial charge is 0.495 e. The van der Waals surface area contributed by atoms with Gasteiger partial charge in [-0.05, 0) is 42.9 Å². The Balaban J connectivity index is 1.83. The number of amides is 4. The monoisotopic (exact) mass is 440 g/mol. The average molecular weight is 441 g/mol. The second-order valence-corrected chi connectivity index (χ2v) is 8.03. The second kappa shape index (κ2) is 11.6. The van der Waals surface area contributed by atoms with E-state index < -0.39 is 11.9 Å². The maximum absolute atomic E-state index is 12.6. The van der Waals surface area contributed by atoms with Crippen LogP contribution in [0.2, 0.25) is 5.02 Å². The summed E-state index contributed by atoms with van der Waals surface area (Å²) in [6, 6.07) is 4.44. The highest BCUT2D eigenvalue weighted by Crippen LogP contribution is 2.28. The van der Waals surface area contributed by atoms with E-state index in [1.165, 1.54) is 12.0 Å². The summed E-state index contributed by atoms with van der Waals surface area (Å²) in [5.41, 5.74) is 2.01. The first kappa shape index (κ1) is 23.8. The fourth-order valence-electron chi connectivity index (χ4n) is 3.16. The molecule has 0 aliphatic heterocycles. The van der Waals surface area contributed by atoms with Crippen molar-refractivity contribution in [3.05, 3.63) is 23.2 Å². The Kier molecular flexibility index (Phi) is 9.19. The summed E-state index contributed by atoms with van der Waals surface area (Å²) in [7, 11) is 1.49. The van der Waals surface area contributed by atoms with Gasteiger partial charge in [0.25, 0.3) is 5.91 Å². The number of hydrogen-bond donors (Lipinski definition) is 4. The van der Waals surface area contributed by atoms with Crippen LogP contribution in [0, 0.1) is 11.8 Å². The van der Waals surface area contributed by atoms with E-state index in [4.69, 9.17) is 21.5 Å². The summed E-state index contributed by atoms with van der Waals surface area (Å²) in [5, 5.41) is 14.6. The molecular formula is C20H29ClN4O5. The molecule has 0 bridgehead atoms. The third-order valence-corrected chi connectivity index (χ3v) is 5.29. The number of carbonyl (C=O) groups is 3. The van der Waals surface area contributed by atoms with Gasteiger partial charge in [0.2, 0.25) is 5.91 Å². The Morgan fingerprint density at radius 3 is 2.67 bits per heavy atom. The summed E-state index contributed by atoms with van der Waals surface area (Å²) < 4.78 is 5.19. The molecule has 1 atom stereocenters. The van der Waals surface area contributed by atoms with Crippen molar-refractivity contribution in [2.45, 2.75) is 32.6 Å². The van der Waals surface area contributed by atoms with Crippen LogP contribution in [0.4, 0.5) is 10.5 Å². The first-order chi connectivity index (χ1) is 14.3. The van der Waals surface area contributed by atoms with Crippen LogP contribution < -0.4 is 20.9 Å². The molecule has 1 saturated carbocycles. The minimum absolute atomic E-state index is 0.148. The van der Waals surface area contributed by atoms with Gasteiger partial charge in [-0.1, -0.05) is 24.9 Å². The lowest BCUT2D eigenvalue weighted by Gasteiger charge is -2.32. The highest BCUT2D eigenvalue weighted by Gasteiger charge is 2.26. The number of halogens is 1. The third kappa shape index (κ3) is 7.38. The topological polar surface area (TPSA) is 120 Å². The van der Waals surface area contributed by atoms with E-state index in [0.717, 1.165) is 19.3 Å². The number of methoxy groups -OCH3 is 1. The molecule has 166 valence electrons. The van der Waals surface area contributed by atoms with Crippen LogP contribution in [0.15, 0.2) is 18.2 Å². The van der Waals surface area contributed by atoms with Gasteiger partial charge < -0.3 is 20.3 Å². The first-order valence-electron chi connectivity index (χ1n) is 9.91. The van der Waals surface area contributed by atoms with Gasteiger partial charge in [0.15, 0.2) is 0 Å². The fraction of sp³-hybridized carbons (Fsp3) is 0.550.